The Labute approximate surface area is 166 Å². The van der Waals surface area contributed by atoms with Crippen molar-refractivity contribution in [3.05, 3.63) is 48.5 Å². The highest BCUT2D eigenvalue weighted by atomic mass is 32.2. The molecule has 0 unspecified atom stereocenters. The molecule has 2 aromatic carbocycles. The Morgan fingerprint density at radius 3 is 2.18 bits per heavy atom. The number of para-hydroxylation sites is 3. The number of hydrogen-bond donors (Lipinski definition) is 1. The van der Waals surface area contributed by atoms with E-state index in [1.807, 2.05) is 18.2 Å². The van der Waals surface area contributed by atoms with Gasteiger partial charge in [0.15, 0.2) is 0 Å². The normalized spacial score (nSPS) is 15.4. The Hall–Kier alpha value is -2.29. The summed E-state index contributed by atoms with van der Waals surface area (Å²) in [5.74, 6) is 1.22. The molecule has 0 saturated carbocycles. The highest BCUT2D eigenvalue weighted by Gasteiger charge is 2.21. The molecule has 0 amide bonds. The molecule has 3 rings (SSSR count). The first-order valence-corrected chi connectivity index (χ1v) is 10.8. The Kier molecular flexibility index (Phi) is 6.77. The van der Waals surface area contributed by atoms with Gasteiger partial charge in [-0.15, -0.1) is 0 Å². The van der Waals surface area contributed by atoms with E-state index in [1.54, 1.807) is 31.4 Å². The van der Waals surface area contributed by atoms with E-state index in [4.69, 9.17) is 9.47 Å². The van der Waals surface area contributed by atoms with Crippen LogP contribution in [0.3, 0.4) is 0 Å². The van der Waals surface area contributed by atoms with Crippen LogP contribution in [0, 0.1) is 0 Å². The predicted molar refractivity (Wildman–Crippen MR) is 110 cm³/mol. The van der Waals surface area contributed by atoms with Gasteiger partial charge in [-0.25, -0.2) is 13.1 Å². The summed E-state index contributed by atoms with van der Waals surface area (Å²) in [5.41, 5.74) is 1.10. The van der Waals surface area contributed by atoms with E-state index in [1.165, 1.54) is 7.11 Å². The zero-order chi connectivity index (χ0) is 20.0. The minimum atomic E-state index is -3.60. The first kappa shape index (κ1) is 20.4. The summed E-state index contributed by atoms with van der Waals surface area (Å²) in [6, 6.07) is 14.6. The zero-order valence-electron chi connectivity index (χ0n) is 16.3. The van der Waals surface area contributed by atoms with E-state index < -0.39 is 10.0 Å². The van der Waals surface area contributed by atoms with Gasteiger partial charge in [0, 0.05) is 39.3 Å². The number of benzene rings is 2. The number of piperazine rings is 1. The Bertz CT molecular complexity index is 881. The van der Waals surface area contributed by atoms with Crippen molar-refractivity contribution >= 4 is 15.7 Å². The molecule has 0 radical (unpaired) electrons. The second kappa shape index (κ2) is 9.27. The van der Waals surface area contributed by atoms with Crippen molar-refractivity contribution in [2.45, 2.75) is 4.90 Å². The summed E-state index contributed by atoms with van der Waals surface area (Å²) in [4.78, 5) is 4.73. The van der Waals surface area contributed by atoms with E-state index in [0.29, 0.717) is 18.8 Å². The average molecular weight is 406 g/mol. The number of ether oxygens (including phenoxy) is 2. The summed E-state index contributed by atoms with van der Waals surface area (Å²) in [7, 11) is -0.444. The molecular weight excluding hydrogens is 378 g/mol. The maximum Gasteiger partial charge on any atom is 0.244 e. The van der Waals surface area contributed by atoms with Gasteiger partial charge in [-0.05, 0) is 24.3 Å². The van der Waals surface area contributed by atoms with Gasteiger partial charge in [0.25, 0.3) is 0 Å². The van der Waals surface area contributed by atoms with Crippen molar-refractivity contribution in [2.75, 3.05) is 58.4 Å². The molecule has 0 bridgehead atoms. The van der Waals surface area contributed by atoms with Crippen LogP contribution in [0.25, 0.3) is 0 Å². The van der Waals surface area contributed by atoms with E-state index in [2.05, 4.69) is 20.6 Å². The van der Waals surface area contributed by atoms with E-state index in [-0.39, 0.29) is 4.90 Å². The fourth-order valence-corrected chi connectivity index (χ4v) is 4.55. The smallest absolute Gasteiger partial charge is 0.244 e. The Morgan fingerprint density at radius 1 is 0.893 bits per heavy atom. The molecule has 1 aliphatic rings. The quantitative estimate of drug-likeness (QED) is 0.722. The third-order valence-corrected chi connectivity index (χ3v) is 6.38. The summed E-state index contributed by atoms with van der Waals surface area (Å²) in [5, 5.41) is 0. The minimum absolute atomic E-state index is 0.165. The van der Waals surface area contributed by atoms with Crippen LogP contribution >= 0.6 is 0 Å². The molecule has 28 heavy (non-hydrogen) atoms. The third-order valence-electron chi connectivity index (χ3n) is 4.88. The van der Waals surface area contributed by atoms with E-state index in [0.717, 1.165) is 37.6 Å². The number of methoxy groups -OCH3 is 2. The topological polar surface area (TPSA) is 71.1 Å². The maximum atomic E-state index is 12.5. The van der Waals surface area contributed by atoms with E-state index >= 15 is 0 Å². The first-order chi connectivity index (χ1) is 13.5. The molecular formula is C20H27N3O4S. The molecule has 1 heterocycles. The number of nitrogens with one attached hydrogen (secondary N) is 1. The maximum absolute atomic E-state index is 12.5. The number of sulfonamides is 1. The van der Waals surface area contributed by atoms with Crippen molar-refractivity contribution in [3.8, 4) is 11.5 Å². The van der Waals surface area contributed by atoms with Crippen LogP contribution in [0.1, 0.15) is 0 Å². The third kappa shape index (κ3) is 4.76. The fourth-order valence-electron chi connectivity index (χ4n) is 3.36. The molecule has 7 nitrogen and oxygen atoms in total. The molecule has 2 aromatic rings. The second-order valence-electron chi connectivity index (χ2n) is 6.55. The lowest BCUT2D eigenvalue weighted by molar-refractivity contribution is 0.261. The molecule has 0 aliphatic carbocycles. The SMILES string of the molecule is COc1ccccc1N1CCN(CCNS(=O)(=O)c2ccccc2OC)CC1. The largest absolute Gasteiger partial charge is 0.495 e. The van der Waals surface area contributed by atoms with Gasteiger partial charge in [-0.3, -0.25) is 4.90 Å². The van der Waals surface area contributed by atoms with Crippen molar-refractivity contribution in [1.29, 1.82) is 0 Å². The van der Waals surface area contributed by atoms with Gasteiger partial charge in [-0.2, -0.15) is 0 Å². The molecule has 1 aliphatic heterocycles. The van der Waals surface area contributed by atoms with Crippen LogP contribution in [0.4, 0.5) is 5.69 Å². The molecule has 1 saturated heterocycles. The van der Waals surface area contributed by atoms with Gasteiger partial charge in [0.1, 0.15) is 16.4 Å². The standard InChI is InChI=1S/C20H27N3O4S/c1-26-18-8-4-3-7-17(18)23-15-13-22(14-16-23)12-11-21-28(24,25)20-10-6-5-9-19(20)27-2/h3-10,21H,11-16H2,1-2H3. The van der Waals surface area contributed by atoms with Gasteiger partial charge in [0.2, 0.25) is 10.0 Å². The molecule has 0 spiro atoms. The van der Waals surface area contributed by atoms with Gasteiger partial charge >= 0.3 is 0 Å². The number of anilines is 1. The van der Waals surface area contributed by atoms with Crippen LogP contribution in [0.15, 0.2) is 53.4 Å². The van der Waals surface area contributed by atoms with Crippen LogP contribution < -0.4 is 19.1 Å². The Balaban J connectivity index is 1.51. The second-order valence-corrected chi connectivity index (χ2v) is 8.28. The number of rotatable bonds is 8. The predicted octanol–water partition coefficient (Wildman–Crippen LogP) is 1.80. The lowest BCUT2D eigenvalue weighted by atomic mass is 10.2. The summed E-state index contributed by atoms with van der Waals surface area (Å²) in [6.45, 7) is 4.51. The van der Waals surface area contributed by atoms with Crippen LogP contribution in [0.5, 0.6) is 11.5 Å². The van der Waals surface area contributed by atoms with Crippen molar-refractivity contribution in [1.82, 2.24) is 9.62 Å². The molecule has 0 aromatic heterocycles. The van der Waals surface area contributed by atoms with Gasteiger partial charge < -0.3 is 14.4 Å². The van der Waals surface area contributed by atoms with Crippen LogP contribution in [0.2, 0.25) is 0 Å². The Morgan fingerprint density at radius 2 is 1.50 bits per heavy atom. The minimum Gasteiger partial charge on any atom is -0.495 e. The monoisotopic (exact) mass is 405 g/mol. The van der Waals surface area contributed by atoms with Gasteiger partial charge in [0.05, 0.1) is 19.9 Å². The van der Waals surface area contributed by atoms with Crippen LogP contribution in [-0.4, -0.2) is 66.8 Å². The molecule has 152 valence electrons. The molecule has 1 fully saturated rings. The molecule has 0 atom stereocenters. The zero-order valence-corrected chi connectivity index (χ0v) is 17.1. The van der Waals surface area contributed by atoms with Crippen molar-refractivity contribution in [3.63, 3.8) is 0 Å². The van der Waals surface area contributed by atoms with E-state index in [9.17, 15) is 8.42 Å². The van der Waals surface area contributed by atoms with Gasteiger partial charge in [-0.1, -0.05) is 24.3 Å². The summed E-state index contributed by atoms with van der Waals surface area (Å²) < 4.78 is 38.3. The van der Waals surface area contributed by atoms with Crippen molar-refractivity contribution < 1.29 is 17.9 Å². The van der Waals surface area contributed by atoms with Crippen LogP contribution in [-0.2, 0) is 10.0 Å². The highest BCUT2D eigenvalue weighted by molar-refractivity contribution is 7.89. The lowest BCUT2D eigenvalue weighted by Crippen LogP contribution is -2.48. The molecule has 8 heteroatoms. The highest BCUT2D eigenvalue weighted by Crippen LogP contribution is 2.28. The molecule has 1 N–H and O–H groups in total. The fraction of sp³-hybridized carbons (Fsp3) is 0.400. The lowest BCUT2D eigenvalue weighted by Gasteiger charge is -2.36. The van der Waals surface area contributed by atoms with Crippen molar-refractivity contribution in [2.24, 2.45) is 0 Å². The number of nitrogens with zero attached hydrogens (tertiary/aromatic N) is 2. The number of hydrogen-bond acceptors (Lipinski definition) is 6. The average Bonchev–Trinajstić information content (AvgIpc) is 2.74. The first-order valence-electron chi connectivity index (χ1n) is 9.28. The summed E-state index contributed by atoms with van der Waals surface area (Å²) >= 11 is 0. The summed E-state index contributed by atoms with van der Waals surface area (Å²) in [6.07, 6.45) is 0.